The highest BCUT2D eigenvalue weighted by molar-refractivity contribution is 6.34. The first-order chi connectivity index (χ1) is 16.1. The van der Waals surface area contributed by atoms with E-state index < -0.39 is 23.8 Å². The second-order valence-corrected chi connectivity index (χ2v) is 8.43. The zero-order valence-electron chi connectivity index (χ0n) is 18.0. The molecule has 3 aromatic carbocycles. The maximum atomic E-state index is 13.6. The number of likely N-dealkylation sites (N-methyl/N-ethyl adjacent to an activating group) is 1. The molecule has 1 atom stereocenters. The summed E-state index contributed by atoms with van der Waals surface area (Å²) in [5.41, 5.74) is 0.969. The monoisotopic (exact) mass is 488 g/mol. The van der Waals surface area contributed by atoms with Crippen molar-refractivity contribution in [3.05, 3.63) is 94.0 Å². The summed E-state index contributed by atoms with van der Waals surface area (Å²) in [6.07, 6.45) is -4.34. The molecule has 0 spiro atoms. The van der Waals surface area contributed by atoms with Gasteiger partial charge in [0.25, 0.3) is 0 Å². The number of carbonyl (C=O) groups excluding carboxylic acids is 1. The van der Waals surface area contributed by atoms with Gasteiger partial charge in [-0.05, 0) is 41.5 Å². The summed E-state index contributed by atoms with van der Waals surface area (Å²) in [4.78, 5) is 27.8. The fraction of sp³-hybridized carbons (Fsp3) is 0.200. The number of carboxylic acids is 1. The zero-order valence-corrected chi connectivity index (χ0v) is 18.8. The van der Waals surface area contributed by atoms with Crippen LogP contribution in [0.5, 0.6) is 0 Å². The summed E-state index contributed by atoms with van der Waals surface area (Å²) < 4.78 is 40.8. The number of carboxylic acid groups (broad SMARTS) is 1. The average molecular weight is 489 g/mol. The zero-order chi connectivity index (χ0) is 24.6. The van der Waals surface area contributed by atoms with Gasteiger partial charge in [0.05, 0.1) is 34.1 Å². The fourth-order valence-corrected chi connectivity index (χ4v) is 4.49. The number of nitrogens with zero attached hydrogens (tertiary/aromatic N) is 2. The van der Waals surface area contributed by atoms with Crippen molar-refractivity contribution in [1.29, 1.82) is 0 Å². The number of para-hydroxylation sites is 1. The number of anilines is 2. The average Bonchev–Trinajstić information content (AvgIpc) is 2.79. The SMILES string of the molecule is CN1c2c(Cl)cccc2N(Cc2ccccc2C(F)(F)F)C(=O)C1Cc1ccc(C(=O)O)cc1. The van der Waals surface area contributed by atoms with Gasteiger partial charge in [-0.3, -0.25) is 4.79 Å². The molecule has 0 aromatic heterocycles. The standard InChI is InChI=1S/C25H20ClF3N2O3/c1-30-21(13-15-9-11-16(12-10-15)24(33)34)23(32)31(20-8-4-7-19(26)22(20)30)14-17-5-2-3-6-18(17)25(27,28)29/h2-12,21H,13-14H2,1H3,(H,33,34). The van der Waals surface area contributed by atoms with Gasteiger partial charge in [-0.15, -0.1) is 0 Å². The molecule has 0 bridgehead atoms. The number of rotatable bonds is 5. The molecule has 1 N–H and O–H groups in total. The molecule has 4 rings (SSSR count). The van der Waals surface area contributed by atoms with E-state index in [9.17, 15) is 22.8 Å². The third kappa shape index (κ3) is 4.46. The quantitative estimate of drug-likeness (QED) is 0.504. The number of hydrogen-bond acceptors (Lipinski definition) is 3. The lowest BCUT2D eigenvalue weighted by Gasteiger charge is -2.42. The van der Waals surface area contributed by atoms with E-state index in [2.05, 4.69) is 0 Å². The number of aromatic carboxylic acids is 1. The first kappa shape index (κ1) is 23.6. The van der Waals surface area contributed by atoms with E-state index >= 15 is 0 Å². The van der Waals surface area contributed by atoms with Crippen LogP contribution in [0.1, 0.15) is 27.0 Å². The summed E-state index contributed by atoms with van der Waals surface area (Å²) in [7, 11) is 1.71. The third-order valence-electron chi connectivity index (χ3n) is 5.91. The van der Waals surface area contributed by atoms with Crippen molar-refractivity contribution >= 4 is 34.9 Å². The van der Waals surface area contributed by atoms with Gasteiger partial charge in [-0.2, -0.15) is 13.2 Å². The molecule has 1 heterocycles. The molecule has 1 unspecified atom stereocenters. The smallest absolute Gasteiger partial charge is 0.416 e. The molecule has 0 aliphatic carbocycles. The maximum Gasteiger partial charge on any atom is 0.416 e. The predicted octanol–water partition coefficient (Wildman–Crippen LogP) is 5.65. The minimum atomic E-state index is -4.56. The van der Waals surface area contributed by atoms with E-state index in [4.69, 9.17) is 16.7 Å². The number of carbonyl (C=O) groups is 2. The van der Waals surface area contributed by atoms with Gasteiger partial charge < -0.3 is 14.9 Å². The Morgan fingerprint density at radius 2 is 1.71 bits per heavy atom. The lowest BCUT2D eigenvalue weighted by molar-refractivity contribution is -0.138. The van der Waals surface area contributed by atoms with Gasteiger partial charge in [0.1, 0.15) is 6.04 Å². The molecule has 0 fully saturated rings. The number of alkyl halides is 3. The predicted molar refractivity (Wildman–Crippen MR) is 123 cm³/mol. The lowest BCUT2D eigenvalue weighted by Crippen LogP contribution is -2.53. The first-order valence-corrected chi connectivity index (χ1v) is 10.8. The van der Waals surface area contributed by atoms with Crippen LogP contribution in [-0.2, 0) is 23.9 Å². The number of benzene rings is 3. The number of halogens is 4. The summed E-state index contributed by atoms with van der Waals surface area (Å²) >= 11 is 6.46. The topological polar surface area (TPSA) is 60.9 Å². The minimum Gasteiger partial charge on any atom is -0.478 e. The minimum absolute atomic E-state index is 0.0246. The van der Waals surface area contributed by atoms with E-state index in [0.29, 0.717) is 22.0 Å². The van der Waals surface area contributed by atoms with Crippen LogP contribution in [0.4, 0.5) is 24.5 Å². The molecule has 0 saturated heterocycles. The highest BCUT2D eigenvalue weighted by atomic mass is 35.5. The van der Waals surface area contributed by atoms with Gasteiger partial charge in [0.2, 0.25) is 5.91 Å². The maximum absolute atomic E-state index is 13.6. The molecule has 1 aliphatic rings. The van der Waals surface area contributed by atoms with Crippen molar-refractivity contribution in [2.45, 2.75) is 25.2 Å². The van der Waals surface area contributed by atoms with E-state index in [1.165, 1.54) is 35.2 Å². The summed E-state index contributed by atoms with van der Waals surface area (Å²) in [6, 6.07) is 15.5. The van der Waals surface area contributed by atoms with Crippen LogP contribution in [0.2, 0.25) is 5.02 Å². The van der Waals surface area contributed by atoms with E-state index in [-0.39, 0.29) is 30.0 Å². The Morgan fingerprint density at radius 3 is 2.35 bits per heavy atom. The Bertz CT molecular complexity index is 1240. The van der Waals surface area contributed by atoms with Crippen molar-refractivity contribution in [2.75, 3.05) is 16.8 Å². The molecular weight excluding hydrogens is 469 g/mol. The summed E-state index contributed by atoms with van der Waals surface area (Å²) in [5, 5.41) is 9.48. The molecule has 3 aromatic rings. The number of fused-ring (bicyclic) bond motifs is 1. The normalized spacial score (nSPS) is 15.9. The van der Waals surface area contributed by atoms with Crippen molar-refractivity contribution < 1.29 is 27.9 Å². The molecule has 0 saturated carbocycles. The molecule has 176 valence electrons. The van der Waals surface area contributed by atoms with Gasteiger partial charge in [-0.1, -0.05) is 48.0 Å². The molecule has 5 nitrogen and oxygen atoms in total. The molecular formula is C25H20ClF3N2O3. The van der Waals surface area contributed by atoms with E-state index in [0.717, 1.165) is 6.07 Å². The lowest BCUT2D eigenvalue weighted by atomic mass is 9.97. The third-order valence-corrected chi connectivity index (χ3v) is 6.21. The Labute approximate surface area is 199 Å². The second-order valence-electron chi connectivity index (χ2n) is 8.02. The largest absolute Gasteiger partial charge is 0.478 e. The van der Waals surface area contributed by atoms with Crippen molar-refractivity contribution in [3.63, 3.8) is 0 Å². The highest BCUT2D eigenvalue weighted by Gasteiger charge is 2.39. The van der Waals surface area contributed by atoms with Crippen LogP contribution in [0, 0.1) is 0 Å². The van der Waals surface area contributed by atoms with Crippen molar-refractivity contribution in [2.24, 2.45) is 0 Å². The highest BCUT2D eigenvalue weighted by Crippen LogP contribution is 2.42. The Morgan fingerprint density at radius 1 is 1.03 bits per heavy atom. The molecule has 1 amide bonds. The van der Waals surface area contributed by atoms with Crippen LogP contribution in [0.25, 0.3) is 0 Å². The van der Waals surface area contributed by atoms with E-state index in [1.54, 1.807) is 42.3 Å². The Hall–Kier alpha value is -3.52. The molecule has 34 heavy (non-hydrogen) atoms. The van der Waals surface area contributed by atoms with Crippen LogP contribution in [-0.4, -0.2) is 30.1 Å². The molecule has 0 radical (unpaired) electrons. The van der Waals surface area contributed by atoms with Crippen LogP contribution in [0.3, 0.4) is 0 Å². The molecule has 1 aliphatic heterocycles. The van der Waals surface area contributed by atoms with Gasteiger partial charge in [0.15, 0.2) is 0 Å². The van der Waals surface area contributed by atoms with Crippen LogP contribution in [0.15, 0.2) is 66.7 Å². The van der Waals surface area contributed by atoms with E-state index in [1.807, 2.05) is 0 Å². The second kappa shape index (κ2) is 9.02. The number of amides is 1. The van der Waals surface area contributed by atoms with Gasteiger partial charge >= 0.3 is 12.1 Å². The first-order valence-electron chi connectivity index (χ1n) is 10.4. The van der Waals surface area contributed by atoms with Crippen molar-refractivity contribution in [3.8, 4) is 0 Å². The summed E-state index contributed by atoms with van der Waals surface area (Å²) in [5.74, 6) is -1.44. The Kier molecular flexibility index (Phi) is 6.27. The van der Waals surface area contributed by atoms with Crippen LogP contribution < -0.4 is 9.80 Å². The molecule has 9 heteroatoms. The van der Waals surface area contributed by atoms with Crippen LogP contribution >= 0.6 is 11.6 Å². The van der Waals surface area contributed by atoms with Gasteiger partial charge in [-0.25, -0.2) is 4.79 Å². The Balaban J connectivity index is 1.74. The summed E-state index contributed by atoms with van der Waals surface area (Å²) in [6.45, 7) is -0.274. The fourth-order valence-electron chi connectivity index (χ4n) is 4.19. The van der Waals surface area contributed by atoms with Gasteiger partial charge in [0, 0.05) is 13.5 Å². The van der Waals surface area contributed by atoms with Crippen molar-refractivity contribution in [1.82, 2.24) is 0 Å². The number of hydrogen-bond donors (Lipinski definition) is 1.